The second-order valence-electron chi connectivity index (χ2n) is 5.32. The van der Waals surface area contributed by atoms with Crippen LogP contribution in [0.25, 0.3) is 0 Å². The van der Waals surface area contributed by atoms with Crippen molar-refractivity contribution >= 4 is 5.91 Å². The van der Waals surface area contributed by atoms with E-state index in [1.807, 2.05) is 33.2 Å². The Morgan fingerprint density at radius 3 is 2.84 bits per heavy atom. The zero-order valence-corrected chi connectivity index (χ0v) is 12.0. The molecular weight excluding hydrogens is 242 g/mol. The first-order valence-electron chi connectivity index (χ1n) is 6.76. The van der Waals surface area contributed by atoms with Crippen LogP contribution in [0.4, 0.5) is 0 Å². The summed E-state index contributed by atoms with van der Waals surface area (Å²) in [5.74, 6) is 1.84. The molecule has 1 atom stereocenters. The number of carbonyl (C=O) groups excluding carboxylic acids is 1. The van der Waals surface area contributed by atoms with E-state index in [9.17, 15) is 4.79 Å². The Morgan fingerprint density at radius 1 is 1.47 bits per heavy atom. The molecule has 0 spiro atoms. The van der Waals surface area contributed by atoms with Crippen LogP contribution < -0.4 is 5.32 Å². The summed E-state index contributed by atoms with van der Waals surface area (Å²) in [4.78, 5) is 16.0. The van der Waals surface area contributed by atoms with Crippen molar-refractivity contribution in [2.45, 2.75) is 25.9 Å². The van der Waals surface area contributed by atoms with Crippen molar-refractivity contribution in [1.29, 1.82) is 0 Å². The van der Waals surface area contributed by atoms with Gasteiger partial charge in [-0.25, -0.2) is 0 Å². The molecule has 1 aliphatic heterocycles. The normalized spacial score (nSPS) is 19.1. The fourth-order valence-electron chi connectivity index (χ4n) is 2.37. The van der Waals surface area contributed by atoms with Crippen molar-refractivity contribution in [2.24, 2.45) is 0 Å². The van der Waals surface area contributed by atoms with Gasteiger partial charge in [-0.15, -0.1) is 0 Å². The van der Waals surface area contributed by atoms with E-state index in [0.29, 0.717) is 19.1 Å². The predicted molar refractivity (Wildman–Crippen MR) is 73.8 cm³/mol. The van der Waals surface area contributed by atoms with E-state index < -0.39 is 0 Å². The van der Waals surface area contributed by atoms with Gasteiger partial charge in [0.1, 0.15) is 11.5 Å². The molecule has 2 heterocycles. The zero-order chi connectivity index (χ0) is 13.8. The summed E-state index contributed by atoms with van der Waals surface area (Å²) in [5, 5.41) is 3.32. The fourth-order valence-corrected chi connectivity index (χ4v) is 2.37. The van der Waals surface area contributed by atoms with Crippen LogP contribution >= 0.6 is 0 Å². The van der Waals surface area contributed by atoms with Crippen LogP contribution in [0.5, 0.6) is 0 Å². The van der Waals surface area contributed by atoms with Gasteiger partial charge in [0.25, 0.3) is 0 Å². The average molecular weight is 265 g/mol. The van der Waals surface area contributed by atoms with Gasteiger partial charge in [-0.05, 0) is 39.1 Å². The van der Waals surface area contributed by atoms with Gasteiger partial charge in [-0.2, -0.15) is 0 Å². The Bertz CT molecular complexity index is 424. The van der Waals surface area contributed by atoms with Crippen LogP contribution in [0, 0.1) is 6.92 Å². The largest absolute Gasteiger partial charge is 0.464 e. The summed E-state index contributed by atoms with van der Waals surface area (Å²) in [6, 6.07) is 4.32. The first-order valence-corrected chi connectivity index (χ1v) is 6.76. The first-order chi connectivity index (χ1) is 9.06. The maximum atomic E-state index is 12.1. The van der Waals surface area contributed by atoms with Crippen LogP contribution in [0.1, 0.15) is 17.9 Å². The highest BCUT2D eigenvalue weighted by atomic mass is 16.3. The van der Waals surface area contributed by atoms with Crippen molar-refractivity contribution in [3.05, 3.63) is 23.7 Å². The monoisotopic (exact) mass is 265 g/mol. The maximum absolute atomic E-state index is 12.1. The Morgan fingerprint density at radius 2 is 2.26 bits per heavy atom. The molecule has 106 valence electrons. The summed E-state index contributed by atoms with van der Waals surface area (Å²) in [7, 11) is 3.83. The van der Waals surface area contributed by atoms with Gasteiger partial charge < -0.3 is 14.6 Å². The van der Waals surface area contributed by atoms with Crippen molar-refractivity contribution in [2.75, 3.05) is 33.7 Å². The molecule has 5 heteroatoms. The third-order valence-electron chi connectivity index (χ3n) is 3.66. The number of nitrogens with zero attached hydrogens (tertiary/aromatic N) is 2. The first kappa shape index (κ1) is 14.1. The van der Waals surface area contributed by atoms with Crippen LogP contribution in [0.15, 0.2) is 16.5 Å². The number of rotatable bonds is 5. The number of hydrogen-bond donors (Lipinski definition) is 1. The number of hydrogen-bond acceptors (Lipinski definition) is 4. The lowest BCUT2D eigenvalue weighted by molar-refractivity contribution is -0.132. The van der Waals surface area contributed by atoms with Crippen LogP contribution in [0.2, 0.25) is 0 Å². The third-order valence-corrected chi connectivity index (χ3v) is 3.66. The topological polar surface area (TPSA) is 48.7 Å². The van der Waals surface area contributed by atoms with Crippen molar-refractivity contribution in [3.8, 4) is 0 Å². The smallest absolute Gasteiger partial charge is 0.236 e. The molecule has 19 heavy (non-hydrogen) atoms. The fraction of sp³-hybridized carbons (Fsp3) is 0.643. The molecule has 0 radical (unpaired) electrons. The van der Waals surface area contributed by atoms with Gasteiger partial charge in [0.05, 0.1) is 13.1 Å². The molecule has 0 aliphatic carbocycles. The number of likely N-dealkylation sites (N-methyl/N-ethyl adjacent to an activating group) is 2. The van der Waals surface area contributed by atoms with Gasteiger partial charge in [-0.1, -0.05) is 0 Å². The molecule has 0 saturated carbocycles. The summed E-state index contributed by atoms with van der Waals surface area (Å²) in [6.45, 7) is 4.92. The van der Waals surface area contributed by atoms with E-state index in [0.717, 1.165) is 31.0 Å². The zero-order valence-electron chi connectivity index (χ0n) is 12.0. The lowest BCUT2D eigenvalue weighted by atomic mass is 10.2. The van der Waals surface area contributed by atoms with E-state index in [4.69, 9.17) is 4.42 Å². The van der Waals surface area contributed by atoms with E-state index in [2.05, 4.69) is 10.2 Å². The van der Waals surface area contributed by atoms with Crippen LogP contribution in [-0.2, 0) is 11.3 Å². The van der Waals surface area contributed by atoms with Crippen molar-refractivity contribution < 1.29 is 9.21 Å². The van der Waals surface area contributed by atoms with Crippen LogP contribution in [0.3, 0.4) is 0 Å². The second-order valence-corrected chi connectivity index (χ2v) is 5.32. The van der Waals surface area contributed by atoms with E-state index in [1.165, 1.54) is 0 Å². The molecule has 1 N–H and O–H groups in total. The molecule has 2 rings (SSSR count). The molecule has 1 aliphatic rings. The van der Waals surface area contributed by atoms with Gasteiger partial charge >= 0.3 is 0 Å². The van der Waals surface area contributed by atoms with Crippen molar-refractivity contribution in [3.63, 3.8) is 0 Å². The van der Waals surface area contributed by atoms with E-state index in [-0.39, 0.29) is 5.91 Å². The summed E-state index contributed by atoms with van der Waals surface area (Å²) in [5.41, 5.74) is 0. The van der Waals surface area contributed by atoms with Gasteiger partial charge in [0.15, 0.2) is 0 Å². The number of amides is 1. The molecule has 1 saturated heterocycles. The molecule has 1 amide bonds. The number of carbonyl (C=O) groups is 1. The molecule has 1 unspecified atom stereocenters. The highest BCUT2D eigenvalue weighted by molar-refractivity contribution is 5.77. The molecule has 1 aromatic heterocycles. The Labute approximate surface area is 114 Å². The minimum Gasteiger partial charge on any atom is -0.464 e. The molecule has 1 aromatic rings. The Kier molecular flexibility index (Phi) is 4.61. The maximum Gasteiger partial charge on any atom is 0.236 e. The Hall–Kier alpha value is -1.33. The minimum absolute atomic E-state index is 0.128. The lowest BCUT2D eigenvalue weighted by Gasteiger charge is -2.25. The number of furan rings is 1. The molecular formula is C14H23N3O2. The SMILES string of the molecule is Cc1ccc(CN(C)C(=O)CN(C)C2CCNC2)o1. The van der Waals surface area contributed by atoms with E-state index >= 15 is 0 Å². The van der Waals surface area contributed by atoms with Crippen molar-refractivity contribution in [1.82, 2.24) is 15.1 Å². The molecule has 0 aromatic carbocycles. The average Bonchev–Trinajstić information content (AvgIpc) is 3.00. The number of nitrogens with one attached hydrogen (secondary N) is 1. The molecule has 1 fully saturated rings. The van der Waals surface area contributed by atoms with Gasteiger partial charge in [0, 0.05) is 19.6 Å². The molecule has 5 nitrogen and oxygen atoms in total. The van der Waals surface area contributed by atoms with Gasteiger partial charge in [0.2, 0.25) is 5.91 Å². The summed E-state index contributed by atoms with van der Waals surface area (Å²) >= 11 is 0. The summed E-state index contributed by atoms with van der Waals surface area (Å²) in [6.07, 6.45) is 1.12. The highest BCUT2D eigenvalue weighted by Gasteiger charge is 2.22. The standard InChI is InChI=1S/C14H23N3O2/c1-11-4-5-13(19-11)9-17(3)14(18)10-16(2)12-6-7-15-8-12/h4-5,12,15H,6-10H2,1-3H3. The van der Waals surface area contributed by atoms with E-state index in [1.54, 1.807) is 4.90 Å². The second kappa shape index (κ2) is 6.21. The quantitative estimate of drug-likeness (QED) is 0.857. The predicted octanol–water partition coefficient (Wildman–Crippen LogP) is 0.840. The minimum atomic E-state index is 0.128. The van der Waals surface area contributed by atoms with Crippen LogP contribution in [-0.4, -0.2) is 55.5 Å². The lowest BCUT2D eigenvalue weighted by Crippen LogP contribution is -2.41. The summed E-state index contributed by atoms with van der Waals surface area (Å²) < 4.78 is 5.49. The Balaban J connectivity index is 1.81. The third kappa shape index (κ3) is 3.81. The van der Waals surface area contributed by atoms with Gasteiger partial charge in [-0.3, -0.25) is 9.69 Å². The highest BCUT2D eigenvalue weighted by Crippen LogP contribution is 2.10. The number of aryl methyl sites for hydroxylation is 1. The molecule has 0 bridgehead atoms.